The van der Waals surface area contributed by atoms with Gasteiger partial charge in [0.2, 0.25) is 5.91 Å². The Hall–Kier alpha value is -0.790. The van der Waals surface area contributed by atoms with Crippen LogP contribution in [-0.2, 0) is 4.79 Å². The first kappa shape index (κ1) is 7.32. The van der Waals surface area contributed by atoms with Gasteiger partial charge in [0.1, 0.15) is 0 Å². The number of likely N-dealkylation sites (tertiary alicyclic amines) is 1. The summed E-state index contributed by atoms with van der Waals surface area (Å²) in [4.78, 5) is 13.0. The standard InChI is InChI=1S/C8H13NO/c1-7(2)8(10)9-5-3-4-6-9/h1,3-6H2,2H3. The first-order valence-electron chi connectivity index (χ1n) is 3.66. The van der Waals surface area contributed by atoms with Crippen LogP contribution in [0.1, 0.15) is 19.8 Å². The summed E-state index contributed by atoms with van der Waals surface area (Å²) in [6, 6.07) is 0. The van der Waals surface area contributed by atoms with E-state index < -0.39 is 0 Å². The summed E-state index contributed by atoms with van der Waals surface area (Å²) in [5.41, 5.74) is 0.655. The van der Waals surface area contributed by atoms with Crippen molar-refractivity contribution >= 4 is 5.91 Å². The molecule has 2 heteroatoms. The van der Waals surface area contributed by atoms with Gasteiger partial charge in [-0.3, -0.25) is 4.79 Å². The molecule has 0 saturated carbocycles. The predicted octanol–water partition coefficient (Wildman–Crippen LogP) is 1.18. The maximum atomic E-state index is 11.2. The van der Waals surface area contributed by atoms with Crippen LogP contribution in [0.2, 0.25) is 0 Å². The van der Waals surface area contributed by atoms with Gasteiger partial charge in [-0.2, -0.15) is 0 Å². The van der Waals surface area contributed by atoms with Crippen molar-refractivity contribution in [1.29, 1.82) is 0 Å². The van der Waals surface area contributed by atoms with E-state index in [0.717, 1.165) is 25.9 Å². The Bertz CT molecular complexity index is 157. The molecule has 0 bridgehead atoms. The third-order valence-electron chi connectivity index (χ3n) is 1.76. The van der Waals surface area contributed by atoms with E-state index in [1.807, 2.05) is 4.90 Å². The predicted molar refractivity (Wildman–Crippen MR) is 40.6 cm³/mol. The highest BCUT2D eigenvalue weighted by atomic mass is 16.2. The van der Waals surface area contributed by atoms with Crippen LogP contribution in [-0.4, -0.2) is 23.9 Å². The minimum absolute atomic E-state index is 0.123. The Kier molecular flexibility index (Phi) is 2.10. The smallest absolute Gasteiger partial charge is 0.248 e. The summed E-state index contributed by atoms with van der Waals surface area (Å²) in [5.74, 6) is 0.123. The van der Waals surface area contributed by atoms with Crippen molar-refractivity contribution in [2.24, 2.45) is 0 Å². The van der Waals surface area contributed by atoms with E-state index in [4.69, 9.17) is 0 Å². The Morgan fingerprint density at radius 3 is 2.30 bits per heavy atom. The van der Waals surface area contributed by atoms with E-state index in [1.54, 1.807) is 6.92 Å². The fourth-order valence-electron chi connectivity index (χ4n) is 1.19. The van der Waals surface area contributed by atoms with Gasteiger partial charge in [-0.1, -0.05) is 6.58 Å². The molecule has 0 aromatic heterocycles. The second-order valence-corrected chi connectivity index (χ2v) is 2.78. The van der Waals surface area contributed by atoms with Gasteiger partial charge in [0.25, 0.3) is 0 Å². The Balaban J connectivity index is 2.48. The van der Waals surface area contributed by atoms with Gasteiger partial charge in [0.05, 0.1) is 0 Å². The van der Waals surface area contributed by atoms with Crippen molar-refractivity contribution in [2.75, 3.05) is 13.1 Å². The highest BCUT2D eigenvalue weighted by molar-refractivity contribution is 5.92. The highest BCUT2D eigenvalue weighted by Gasteiger charge is 2.17. The minimum atomic E-state index is 0.123. The summed E-state index contributed by atoms with van der Waals surface area (Å²) >= 11 is 0. The molecule has 56 valence electrons. The molecular formula is C8H13NO. The van der Waals surface area contributed by atoms with Crippen LogP contribution in [0, 0.1) is 0 Å². The molecule has 0 N–H and O–H groups in total. The molecule has 0 unspecified atom stereocenters. The van der Waals surface area contributed by atoms with Crippen LogP contribution < -0.4 is 0 Å². The molecule has 2 nitrogen and oxygen atoms in total. The fraction of sp³-hybridized carbons (Fsp3) is 0.625. The molecule has 1 aliphatic heterocycles. The molecule has 0 aromatic carbocycles. The molecule has 1 rings (SSSR count). The highest BCUT2D eigenvalue weighted by Crippen LogP contribution is 2.09. The van der Waals surface area contributed by atoms with Gasteiger partial charge in [0, 0.05) is 18.7 Å². The third kappa shape index (κ3) is 1.38. The zero-order valence-corrected chi connectivity index (χ0v) is 6.39. The molecule has 0 spiro atoms. The number of amides is 1. The Labute approximate surface area is 61.5 Å². The number of carbonyl (C=O) groups excluding carboxylic acids is 1. The second-order valence-electron chi connectivity index (χ2n) is 2.78. The molecule has 10 heavy (non-hydrogen) atoms. The van der Waals surface area contributed by atoms with Gasteiger partial charge >= 0.3 is 0 Å². The molecule has 0 aliphatic carbocycles. The van der Waals surface area contributed by atoms with Crippen LogP contribution >= 0.6 is 0 Å². The zero-order chi connectivity index (χ0) is 7.56. The first-order chi connectivity index (χ1) is 4.72. The SMILES string of the molecule is C=C(C)C(=O)N1CCCC1. The topological polar surface area (TPSA) is 20.3 Å². The number of carbonyl (C=O) groups is 1. The number of nitrogens with zero attached hydrogens (tertiary/aromatic N) is 1. The van der Waals surface area contributed by atoms with Crippen molar-refractivity contribution in [3.63, 3.8) is 0 Å². The number of hydrogen-bond acceptors (Lipinski definition) is 1. The molecule has 0 aromatic rings. The lowest BCUT2D eigenvalue weighted by Crippen LogP contribution is -2.27. The van der Waals surface area contributed by atoms with Crippen LogP contribution in [0.25, 0.3) is 0 Å². The largest absolute Gasteiger partial charge is 0.339 e. The molecular weight excluding hydrogens is 126 g/mol. The van der Waals surface area contributed by atoms with Crippen molar-refractivity contribution < 1.29 is 4.79 Å². The normalized spacial score (nSPS) is 17.5. The quantitative estimate of drug-likeness (QED) is 0.500. The van der Waals surface area contributed by atoms with E-state index >= 15 is 0 Å². The molecule has 1 heterocycles. The van der Waals surface area contributed by atoms with Crippen molar-refractivity contribution in [3.05, 3.63) is 12.2 Å². The maximum absolute atomic E-state index is 11.2. The molecule has 1 fully saturated rings. The molecule has 0 atom stereocenters. The molecule has 1 amide bonds. The summed E-state index contributed by atoms with van der Waals surface area (Å²) in [6.45, 7) is 7.22. The summed E-state index contributed by atoms with van der Waals surface area (Å²) < 4.78 is 0. The second kappa shape index (κ2) is 2.86. The summed E-state index contributed by atoms with van der Waals surface area (Å²) in [5, 5.41) is 0. The zero-order valence-electron chi connectivity index (χ0n) is 6.39. The van der Waals surface area contributed by atoms with Crippen LogP contribution in [0.5, 0.6) is 0 Å². The number of hydrogen-bond donors (Lipinski definition) is 0. The van der Waals surface area contributed by atoms with E-state index in [0.29, 0.717) is 5.57 Å². The average molecular weight is 139 g/mol. The lowest BCUT2D eigenvalue weighted by Gasteiger charge is -2.14. The van der Waals surface area contributed by atoms with Crippen molar-refractivity contribution in [1.82, 2.24) is 4.90 Å². The van der Waals surface area contributed by atoms with Crippen LogP contribution in [0.4, 0.5) is 0 Å². The maximum Gasteiger partial charge on any atom is 0.248 e. The number of rotatable bonds is 1. The third-order valence-corrected chi connectivity index (χ3v) is 1.76. The average Bonchev–Trinajstić information content (AvgIpc) is 2.36. The fourth-order valence-corrected chi connectivity index (χ4v) is 1.19. The minimum Gasteiger partial charge on any atom is -0.339 e. The van der Waals surface area contributed by atoms with E-state index in [1.165, 1.54) is 0 Å². The van der Waals surface area contributed by atoms with Crippen LogP contribution in [0.3, 0.4) is 0 Å². The van der Waals surface area contributed by atoms with Gasteiger partial charge in [-0.15, -0.1) is 0 Å². The first-order valence-corrected chi connectivity index (χ1v) is 3.66. The van der Waals surface area contributed by atoms with E-state index in [9.17, 15) is 4.79 Å². The van der Waals surface area contributed by atoms with Gasteiger partial charge in [-0.25, -0.2) is 0 Å². The van der Waals surface area contributed by atoms with Gasteiger partial charge in [-0.05, 0) is 19.8 Å². The van der Waals surface area contributed by atoms with Crippen molar-refractivity contribution in [2.45, 2.75) is 19.8 Å². The lowest BCUT2D eigenvalue weighted by atomic mass is 10.3. The Morgan fingerprint density at radius 2 is 1.90 bits per heavy atom. The lowest BCUT2D eigenvalue weighted by molar-refractivity contribution is -0.126. The molecule has 1 aliphatic rings. The van der Waals surface area contributed by atoms with E-state index in [2.05, 4.69) is 6.58 Å². The summed E-state index contributed by atoms with van der Waals surface area (Å²) in [7, 11) is 0. The Morgan fingerprint density at radius 1 is 1.40 bits per heavy atom. The summed E-state index contributed by atoms with van der Waals surface area (Å²) in [6.07, 6.45) is 2.30. The monoisotopic (exact) mass is 139 g/mol. The molecule has 0 radical (unpaired) electrons. The molecule has 1 saturated heterocycles. The van der Waals surface area contributed by atoms with Crippen molar-refractivity contribution in [3.8, 4) is 0 Å². The van der Waals surface area contributed by atoms with Gasteiger partial charge in [0.15, 0.2) is 0 Å². The van der Waals surface area contributed by atoms with Gasteiger partial charge < -0.3 is 4.90 Å². The van der Waals surface area contributed by atoms with Crippen LogP contribution in [0.15, 0.2) is 12.2 Å². The van der Waals surface area contributed by atoms with E-state index in [-0.39, 0.29) is 5.91 Å².